The van der Waals surface area contributed by atoms with Crippen molar-refractivity contribution < 1.29 is 4.79 Å². The number of anilines is 2. The Bertz CT molecular complexity index is 435. The molecule has 0 aliphatic heterocycles. The molecule has 110 valence electrons. The molecule has 2 rings (SSSR count). The van der Waals surface area contributed by atoms with E-state index in [1.165, 1.54) is 25.7 Å². The lowest BCUT2D eigenvalue weighted by atomic mass is 9.81. The molecule has 1 aliphatic rings. The number of benzene rings is 1. The molecular formula is C17H26N2O. The van der Waals surface area contributed by atoms with Crippen LogP contribution in [-0.2, 0) is 4.79 Å². The number of carbonyl (C=O) groups excluding carboxylic acids is 1. The van der Waals surface area contributed by atoms with E-state index in [1.807, 2.05) is 38.1 Å². The van der Waals surface area contributed by atoms with Crippen LogP contribution in [-0.4, -0.2) is 11.9 Å². The van der Waals surface area contributed by atoms with Gasteiger partial charge in [-0.05, 0) is 43.5 Å². The number of nitrogens with one attached hydrogen (secondary N) is 2. The summed E-state index contributed by atoms with van der Waals surface area (Å²) in [7, 11) is 0. The Balaban J connectivity index is 1.82. The van der Waals surface area contributed by atoms with Crippen LogP contribution in [0.2, 0.25) is 0 Å². The van der Waals surface area contributed by atoms with Crippen molar-refractivity contribution in [1.82, 2.24) is 0 Å². The summed E-state index contributed by atoms with van der Waals surface area (Å²) >= 11 is 0. The van der Waals surface area contributed by atoms with Crippen LogP contribution < -0.4 is 10.6 Å². The third-order valence-electron chi connectivity index (χ3n) is 4.00. The fourth-order valence-electron chi connectivity index (χ4n) is 2.51. The minimum absolute atomic E-state index is 0.00954. The molecule has 1 aromatic rings. The summed E-state index contributed by atoms with van der Waals surface area (Å²) in [6.07, 6.45) is 5.45. The molecular weight excluding hydrogens is 248 g/mol. The summed E-state index contributed by atoms with van der Waals surface area (Å²) in [4.78, 5) is 11.6. The molecule has 1 unspecified atom stereocenters. The first-order valence-corrected chi connectivity index (χ1v) is 7.72. The Morgan fingerprint density at radius 2 is 1.75 bits per heavy atom. The van der Waals surface area contributed by atoms with Crippen LogP contribution in [0.5, 0.6) is 0 Å². The lowest BCUT2D eigenvalue weighted by molar-refractivity contribution is -0.118. The normalized spacial score (nSPS) is 16.6. The molecule has 2 N–H and O–H groups in total. The van der Waals surface area contributed by atoms with E-state index in [-0.39, 0.29) is 11.8 Å². The Kier molecular flexibility index (Phi) is 5.05. The zero-order valence-corrected chi connectivity index (χ0v) is 12.8. The van der Waals surface area contributed by atoms with Crippen molar-refractivity contribution in [2.24, 2.45) is 11.8 Å². The number of amides is 1. The summed E-state index contributed by atoms with van der Waals surface area (Å²) < 4.78 is 0. The Morgan fingerprint density at radius 3 is 2.25 bits per heavy atom. The summed E-state index contributed by atoms with van der Waals surface area (Å²) in [5.41, 5.74) is 1.99. The Morgan fingerprint density at radius 1 is 1.15 bits per heavy atom. The van der Waals surface area contributed by atoms with E-state index in [0.29, 0.717) is 6.04 Å². The van der Waals surface area contributed by atoms with Gasteiger partial charge in [0.2, 0.25) is 5.91 Å². The van der Waals surface area contributed by atoms with Crippen molar-refractivity contribution in [3.63, 3.8) is 0 Å². The van der Waals surface area contributed by atoms with Crippen molar-refractivity contribution in [3.8, 4) is 0 Å². The zero-order chi connectivity index (χ0) is 14.5. The van der Waals surface area contributed by atoms with Gasteiger partial charge in [0.25, 0.3) is 0 Å². The van der Waals surface area contributed by atoms with Gasteiger partial charge >= 0.3 is 0 Å². The molecule has 1 atom stereocenters. The SMILES string of the molecule is CC(CC1CCC1)Nc1ccc(NC(=O)C(C)C)cc1. The molecule has 0 spiro atoms. The fourth-order valence-corrected chi connectivity index (χ4v) is 2.51. The molecule has 0 aromatic heterocycles. The van der Waals surface area contributed by atoms with Gasteiger partial charge in [-0.25, -0.2) is 0 Å². The molecule has 1 aliphatic carbocycles. The third kappa shape index (κ3) is 4.26. The van der Waals surface area contributed by atoms with Gasteiger partial charge in [-0.1, -0.05) is 33.1 Å². The summed E-state index contributed by atoms with van der Waals surface area (Å²) in [5.74, 6) is 0.987. The highest BCUT2D eigenvalue weighted by atomic mass is 16.1. The van der Waals surface area contributed by atoms with Gasteiger partial charge in [0.1, 0.15) is 0 Å². The molecule has 3 heteroatoms. The lowest BCUT2D eigenvalue weighted by Gasteiger charge is -2.28. The van der Waals surface area contributed by atoms with Crippen LogP contribution in [0.15, 0.2) is 24.3 Å². The Hall–Kier alpha value is -1.51. The largest absolute Gasteiger partial charge is 0.383 e. The van der Waals surface area contributed by atoms with Crippen LogP contribution in [0.3, 0.4) is 0 Å². The minimum Gasteiger partial charge on any atom is -0.383 e. The minimum atomic E-state index is 0.00954. The van der Waals surface area contributed by atoms with Crippen molar-refractivity contribution >= 4 is 17.3 Å². The molecule has 0 radical (unpaired) electrons. The molecule has 1 amide bonds. The van der Waals surface area contributed by atoms with Gasteiger partial charge in [-0.2, -0.15) is 0 Å². The number of carbonyl (C=O) groups is 1. The molecule has 1 saturated carbocycles. The average Bonchev–Trinajstić information content (AvgIpc) is 2.36. The maximum atomic E-state index is 11.6. The smallest absolute Gasteiger partial charge is 0.226 e. The second-order valence-electron chi connectivity index (χ2n) is 6.30. The highest BCUT2D eigenvalue weighted by molar-refractivity contribution is 5.92. The first kappa shape index (κ1) is 14.9. The molecule has 0 saturated heterocycles. The van der Waals surface area contributed by atoms with Gasteiger partial charge in [0.05, 0.1) is 0 Å². The lowest BCUT2D eigenvalue weighted by Crippen LogP contribution is -2.23. The van der Waals surface area contributed by atoms with Crippen LogP contribution in [0.4, 0.5) is 11.4 Å². The molecule has 0 heterocycles. The standard InChI is InChI=1S/C17H26N2O/c1-12(2)17(20)19-16-9-7-15(8-10-16)18-13(3)11-14-5-4-6-14/h7-10,12-14,18H,4-6,11H2,1-3H3,(H,19,20). The third-order valence-corrected chi connectivity index (χ3v) is 4.00. The Labute approximate surface area is 122 Å². The van der Waals surface area contributed by atoms with Crippen molar-refractivity contribution in [3.05, 3.63) is 24.3 Å². The molecule has 1 fully saturated rings. The van der Waals surface area contributed by atoms with E-state index in [1.54, 1.807) is 0 Å². The van der Waals surface area contributed by atoms with Gasteiger partial charge < -0.3 is 10.6 Å². The predicted molar refractivity (Wildman–Crippen MR) is 85.0 cm³/mol. The summed E-state index contributed by atoms with van der Waals surface area (Å²) in [6, 6.07) is 8.49. The second kappa shape index (κ2) is 6.78. The predicted octanol–water partition coefficient (Wildman–Crippen LogP) is 4.27. The van der Waals surface area contributed by atoms with Gasteiger partial charge in [-0.3, -0.25) is 4.79 Å². The quantitative estimate of drug-likeness (QED) is 0.813. The summed E-state index contributed by atoms with van der Waals surface area (Å²) in [5, 5.41) is 6.44. The average molecular weight is 274 g/mol. The van der Waals surface area contributed by atoms with Gasteiger partial charge in [0, 0.05) is 23.3 Å². The van der Waals surface area contributed by atoms with E-state index in [4.69, 9.17) is 0 Å². The molecule has 3 nitrogen and oxygen atoms in total. The first-order chi connectivity index (χ1) is 9.54. The van der Waals surface area contributed by atoms with Crippen molar-refractivity contribution in [1.29, 1.82) is 0 Å². The first-order valence-electron chi connectivity index (χ1n) is 7.72. The second-order valence-corrected chi connectivity index (χ2v) is 6.30. The van der Waals surface area contributed by atoms with Crippen LogP contribution in [0.1, 0.15) is 46.5 Å². The van der Waals surface area contributed by atoms with Gasteiger partial charge in [0.15, 0.2) is 0 Å². The monoisotopic (exact) mass is 274 g/mol. The van der Waals surface area contributed by atoms with Crippen LogP contribution in [0, 0.1) is 11.8 Å². The number of rotatable bonds is 6. The molecule has 0 bridgehead atoms. The van der Waals surface area contributed by atoms with Crippen LogP contribution in [0.25, 0.3) is 0 Å². The topological polar surface area (TPSA) is 41.1 Å². The van der Waals surface area contributed by atoms with Crippen molar-refractivity contribution in [2.75, 3.05) is 10.6 Å². The zero-order valence-electron chi connectivity index (χ0n) is 12.8. The fraction of sp³-hybridized carbons (Fsp3) is 0.588. The van der Waals surface area contributed by atoms with E-state index >= 15 is 0 Å². The molecule has 1 aromatic carbocycles. The van der Waals surface area contributed by atoms with Crippen molar-refractivity contribution in [2.45, 2.75) is 52.5 Å². The number of hydrogen-bond donors (Lipinski definition) is 2. The maximum Gasteiger partial charge on any atom is 0.226 e. The van der Waals surface area contributed by atoms with E-state index in [9.17, 15) is 4.79 Å². The van der Waals surface area contributed by atoms with E-state index in [2.05, 4.69) is 17.6 Å². The maximum absolute atomic E-state index is 11.6. The highest BCUT2D eigenvalue weighted by Gasteiger charge is 2.19. The number of hydrogen-bond acceptors (Lipinski definition) is 2. The van der Waals surface area contributed by atoms with Crippen LogP contribution >= 0.6 is 0 Å². The summed E-state index contributed by atoms with van der Waals surface area (Å²) in [6.45, 7) is 6.04. The highest BCUT2D eigenvalue weighted by Crippen LogP contribution is 2.31. The van der Waals surface area contributed by atoms with E-state index in [0.717, 1.165) is 17.3 Å². The molecule has 20 heavy (non-hydrogen) atoms. The van der Waals surface area contributed by atoms with E-state index < -0.39 is 0 Å². The van der Waals surface area contributed by atoms with Gasteiger partial charge in [-0.15, -0.1) is 0 Å².